The maximum atomic E-state index is 11.7. The van der Waals surface area contributed by atoms with Crippen LogP contribution in [0.4, 0.5) is 17.3 Å². The summed E-state index contributed by atoms with van der Waals surface area (Å²) in [5, 5.41) is 21.2. The van der Waals surface area contributed by atoms with Crippen LogP contribution >= 0.6 is 11.6 Å². The van der Waals surface area contributed by atoms with Gasteiger partial charge in [0.15, 0.2) is 4.90 Å². The number of rotatable bonds is 6. The predicted molar refractivity (Wildman–Crippen MR) is 104 cm³/mol. The van der Waals surface area contributed by atoms with Gasteiger partial charge in [0.1, 0.15) is 17.9 Å². The Kier molecular flexibility index (Phi) is 5.38. The molecule has 0 saturated carbocycles. The first kappa shape index (κ1) is 18.9. The van der Waals surface area contributed by atoms with E-state index < -0.39 is 16.8 Å². The molecule has 0 spiro atoms. The Morgan fingerprint density at radius 2 is 2.19 bits per heavy atom. The van der Waals surface area contributed by atoms with Crippen molar-refractivity contribution in [1.29, 1.82) is 5.41 Å². The largest absolute Gasteiger partial charge is 0.612 e. The molecule has 1 aromatic carbocycles. The molecular weight excluding hydrogens is 374 g/mol. The van der Waals surface area contributed by atoms with Crippen molar-refractivity contribution in [3.8, 4) is 0 Å². The molecule has 3 N–H and O–H groups in total. The van der Waals surface area contributed by atoms with Crippen LogP contribution in [-0.4, -0.2) is 50.8 Å². The Balaban J connectivity index is 1.93. The Morgan fingerprint density at radius 3 is 2.81 bits per heavy atom. The molecule has 1 aliphatic rings. The first-order chi connectivity index (χ1) is 12.3. The van der Waals surface area contributed by atoms with E-state index in [1.54, 1.807) is 24.5 Å². The first-order valence-corrected chi connectivity index (χ1v) is 10.0. The van der Waals surface area contributed by atoms with E-state index in [0.29, 0.717) is 47.3 Å². The van der Waals surface area contributed by atoms with Crippen molar-refractivity contribution >= 4 is 46.3 Å². The van der Waals surface area contributed by atoms with E-state index in [1.165, 1.54) is 6.21 Å². The molecular formula is C17H20ClN5O2S. The minimum atomic E-state index is -1.10. The fourth-order valence-corrected chi connectivity index (χ4v) is 3.55. The molecule has 0 bridgehead atoms. The fraction of sp³-hybridized carbons (Fsp3) is 0.353. The highest BCUT2D eigenvalue weighted by molar-refractivity contribution is 7.90. The van der Waals surface area contributed by atoms with Crippen molar-refractivity contribution < 1.29 is 9.66 Å². The molecule has 0 amide bonds. The van der Waals surface area contributed by atoms with Crippen LogP contribution in [0.15, 0.2) is 29.2 Å². The van der Waals surface area contributed by atoms with Crippen LogP contribution < -0.4 is 10.2 Å². The van der Waals surface area contributed by atoms with Crippen molar-refractivity contribution in [1.82, 2.24) is 9.97 Å². The smallest absolute Gasteiger partial charge is 0.226 e. The Hall–Kier alpha value is -1.87. The number of anilines is 3. The molecule has 1 fully saturated rings. The van der Waals surface area contributed by atoms with Gasteiger partial charge in [-0.2, -0.15) is 9.97 Å². The van der Waals surface area contributed by atoms with Gasteiger partial charge in [-0.05, 0) is 41.3 Å². The topological polar surface area (TPSA) is 108 Å². The number of benzene rings is 1. The minimum absolute atomic E-state index is 0.0512. The number of hydrogen-bond donors (Lipinski definition) is 3. The van der Waals surface area contributed by atoms with Crippen molar-refractivity contribution in [2.45, 2.75) is 23.8 Å². The lowest BCUT2D eigenvalue weighted by molar-refractivity contribution is 0.00804. The normalized spacial score (nSPS) is 16.7. The average Bonchev–Trinajstić information content (AvgIpc) is 2.58. The summed E-state index contributed by atoms with van der Waals surface area (Å²) in [4.78, 5) is 11.0. The minimum Gasteiger partial charge on any atom is -0.612 e. The second kappa shape index (κ2) is 7.40. The van der Waals surface area contributed by atoms with Crippen molar-refractivity contribution in [3.05, 3.63) is 35.1 Å². The average molecular weight is 394 g/mol. The van der Waals surface area contributed by atoms with Gasteiger partial charge in [0.2, 0.25) is 5.28 Å². The summed E-state index contributed by atoms with van der Waals surface area (Å²) in [6.07, 6.45) is 3.42. The number of nitrogens with one attached hydrogen (secondary N) is 2. The maximum Gasteiger partial charge on any atom is 0.226 e. The number of aliphatic hydroxyl groups is 1. The molecule has 2 heterocycles. The summed E-state index contributed by atoms with van der Waals surface area (Å²) in [6.45, 7) is 2.79. The third-order valence-electron chi connectivity index (χ3n) is 4.40. The van der Waals surface area contributed by atoms with Crippen LogP contribution in [0.25, 0.3) is 0 Å². The number of aromatic nitrogens is 2. The highest BCUT2D eigenvalue weighted by atomic mass is 35.5. The van der Waals surface area contributed by atoms with E-state index in [2.05, 4.69) is 15.3 Å². The standard InChI is InChI=1S/C17H20ClN5O2S/c1-3-17(24)9-23(10-17)15-13(8-19)14(21-16(18)22-15)20-11-5-4-6-12(7-11)26(2)25/h4-8,19,24H,3,9-10H2,1-2H3,(H,20,21,22). The van der Waals surface area contributed by atoms with Crippen molar-refractivity contribution in [2.24, 2.45) is 0 Å². The molecule has 26 heavy (non-hydrogen) atoms. The SMILES string of the molecule is CCC1(O)CN(c2nc(Cl)nc(Nc3cccc([S+](C)[O-])c3)c2C=N)C1. The van der Waals surface area contributed by atoms with Crippen LogP contribution in [0.1, 0.15) is 18.9 Å². The third kappa shape index (κ3) is 3.78. The number of hydrogen-bond acceptors (Lipinski definition) is 7. The van der Waals surface area contributed by atoms with Gasteiger partial charge >= 0.3 is 0 Å². The van der Waals surface area contributed by atoms with Crippen molar-refractivity contribution in [2.75, 3.05) is 29.6 Å². The molecule has 2 aromatic rings. The van der Waals surface area contributed by atoms with E-state index in [9.17, 15) is 9.66 Å². The quantitative estimate of drug-likeness (QED) is 0.395. The molecule has 1 aliphatic heterocycles. The zero-order valence-electron chi connectivity index (χ0n) is 14.5. The Bertz CT molecular complexity index is 827. The lowest BCUT2D eigenvalue weighted by Crippen LogP contribution is -2.62. The monoisotopic (exact) mass is 393 g/mol. The van der Waals surface area contributed by atoms with E-state index in [1.807, 2.05) is 17.9 Å². The summed E-state index contributed by atoms with van der Waals surface area (Å²) in [6, 6.07) is 7.16. The molecule has 138 valence electrons. The third-order valence-corrected chi connectivity index (χ3v) is 5.49. The molecule has 0 aliphatic carbocycles. The lowest BCUT2D eigenvalue weighted by Gasteiger charge is -2.47. The zero-order chi connectivity index (χ0) is 18.9. The van der Waals surface area contributed by atoms with E-state index in [4.69, 9.17) is 17.0 Å². The van der Waals surface area contributed by atoms with Crippen LogP contribution in [0.3, 0.4) is 0 Å². The van der Waals surface area contributed by atoms with Gasteiger partial charge in [-0.3, -0.25) is 0 Å². The number of β-amino-alcohol motifs (C(OH)–C–C–N with tert-alkyl or cyclic N) is 1. The van der Waals surface area contributed by atoms with Gasteiger partial charge < -0.3 is 25.3 Å². The maximum absolute atomic E-state index is 11.7. The van der Waals surface area contributed by atoms with E-state index in [-0.39, 0.29) is 5.28 Å². The summed E-state index contributed by atoms with van der Waals surface area (Å²) in [7, 11) is 0. The van der Waals surface area contributed by atoms with Gasteiger partial charge in [0.05, 0.1) is 11.2 Å². The van der Waals surface area contributed by atoms with Crippen LogP contribution in [0, 0.1) is 5.41 Å². The molecule has 7 nitrogen and oxygen atoms in total. The van der Waals surface area contributed by atoms with Gasteiger partial charge in [0, 0.05) is 31.1 Å². The highest BCUT2D eigenvalue weighted by Gasteiger charge is 2.41. The van der Waals surface area contributed by atoms with Crippen LogP contribution in [0.2, 0.25) is 5.28 Å². The molecule has 1 aromatic heterocycles. The van der Waals surface area contributed by atoms with E-state index in [0.717, 1.165) is 0 Å². The van der Waals surface area contributed by atoms with Crippen LogP contribution in [0.5, 0.6) is 0 Å². The number of nitrogens with zero attached hydrogens (tertiary/aromatic N) is 3. The van der Waals surface area contributed by atoms with Gasteiger partial charge in [-0.1, -0.05) is 13.0 Å². The lowest BCUT2D eigenvalue weighted by atomic mass is 9.91. The van der Waals surface area contributed by atoms with Gasteiger partial charge in [-0.15, -0.1) is 0 Å². The fourth-order valence-electron chi connectivity index (χ4n) is 2.83. The molecule has 1 atom stereocenters. The summed E-state index contributed by atoms with van der Waals surface area (Å²) < 4.78 is 11.7. The first-order valence-electron chi connectivity index (χ1n) is 8.11. The predicted octanol–water partition coefficient (Wildman–Crippen LogP) is 2.57. The van der Waals surface area contributed by atoms with Gasteiger partial charge in [-0.25, -0.2) is 0 Å². The van der Waals surface area contributed by atoms with E-state index >= 15 is 0 Å². The van der Waals surface area contributed by atoms with Crippen LogP contribution in [-0.2, 0) is 11.2 Å². The Morgan fingerprint density at radius 1 is 1.46 bits per heavy atom. The molecule has 1 saturated heterocycles. The molecule has 0 radical (unpaired) electrons. The van der Waals surface area contributed by atoms with Crippen molar-refractivity contribution in [3.63, 3.8) is 0 Å². The summed E-state index contributed by atoms with van der Waals surface area (Å²) >= 11 is 4.98. The number of halogens is 1. The van der Waals surface area contributed by atoms with Gasteiger partial charge in [0.25, 0.3) is 0 Å². The zero-order valence-corrected chi connectivity index (χ0v) is 16.1. The molecule has 1 unspecified atom stereocenters. The second-order valence-corrected chi connectivity index (χ2v) is 7.98. The second-order valence-electron chi connectivity index (χ2n) is 6.26. The highest BCUT2D eigenvalue weighted by Crippen LogP contribution is 2.34. The molecule has 9 heteroatoms. The molecule has 3 rings (SSSR count). The summed E-state index contributed by atoms with van der Waals surface area (Å²) in [5.74, 6) is 0.900. The Labute approximate surface area is 160 Å². The summed E-state index contributed by atoms with van der Waals surface area (Å²) in [5.41, 5.74) is 0.440.